The molecule has 0 saturated carbocycles. The molecular formula is C20H26N6OS. The van der Waals surface area contributed by atoms with E-state index in [0.29, 0.717) is 0 Å². The number of rotatable bonds is 4. The van der Waals surface area contributed by atoms with Gasteiger partial charge < -0.3 is 14.5 Å². The van der Waals surface area contributed by atoms with Crippen LogP contribution in [-0.2, 0) is 0 Å². The Labute approximate surface area is 170 Å². The van der Waals surface area contributed by atoms with Gasteiger partial charge in [-0.05, 0) is 25.6 Å². The number of para-hydroxylation sites is 1. The number of likely N-dealkylation sites (N-methyl/N-ethyl adjacent to an activating group) is 1. The monoisotopic (exact) mass is 398 g/mol. The number of nitrogens with zero attached hydrogens (tertiary/aromatic N) is 6. The predicted molar refractivity (Wildman–Crippen MR) is 113 cm³/mol. The van der Waals surface area contributed by atoms with Crippen molar-refractivity contribution in [3.8, 4) is 17.1 Å². The molecule has 0 aliphatic carbocycles. The van der Waals surface area contributed by atoms with Crippen molar-refractivity contribution in [3.63, 3.8) is 0 Å². The molecule has 1 fully saturated rings. The van der Waals surface area contributed by atoms with Crippen molar-refractivity contribution < 1.29 is 4.74 Å². The molecule has 2 aromatic heterocycles. The quantitative estimate of drug-likeness (QED) is 0.669. The molecule has 3 aromatic rings. The summed E-state index contributed by atoms with van der Waals surface area (Å²) in [7, 11) is 1.66. The topological polar surface area (TPSA) is 67.3 Å². The van der Waals surface area contributed by atoms with Gasteiger partial charge in [-0.25, -0.2) is 9.97 Å². The Balaban J connectivity index is 0.000000236. The lowest BCUT2D eigenvalue weighted by atomic mass is 10.3. The lowest BCUT2D eigenvalue weighted by Gasteiger charge is -2.33. The standard InChI is InChI=1S/C13H18N6S.C7H8O/c1-3-18-4-6-19(7-5-18)13-16-12(17-20-13)11-8-14-10(2)15-9-11;1-8-7-5-3-2-4-6-7/h8-9H,3-7H2,1-2H3;2-6H,1H3. The van der Waals surface area contributed by atoms with Gasteiger partial charge in [0.05, 0.1) is 12.7 Å². The maximum absolute atomic E-state index is 4.91. The van der Waals surface area contributed by atoms with Crippen LogP contribution in [0.4, 0.5) is 5.13 Å². The minimum Gasteiger partial charge on any atom is -0.497 e. The first-order valence-corrected chi connectivity index (χ1v) is 10.2. The Bertz CT molecular complexity index is 831. The average molecular weight is 399 g/mol. The SMILES string of the molecule is CCN1CCN(c2nc(-c3cnc(C)nc3)ns2)CC1.COc1ccccc1. The minimum atomic E-state index is 0.725. The van der Waals surface area contributed by atoms with E-state index in [9.17, 15) is 0 Å². The summed E-state index contributed by atoms with van der Waals surface area (Å²) in [6, 6.07) is 9.68. The summed E-state index contributed by atoms with van der Waals surface area (Å²) < 4.78 is 9.34. The van der Waals surface area contributed by atoms with Gasteiger partial charge in [-0.1, -0.05) is 25.1 Å². The van der Waals surface area contributed by atoms with Crippen LogP contribution >= 0.6 is 11.5 Å². The van der Waals surface area contributed by atoms with Gasteiger partial charge in [0.25, 0.3) is 0 Å². The number of benzene rings is 1. The van der Waals surface area contributed by atoms with Crippen molar-refractivity contribution >= 4 is 16.7 Å². The molecule has 148 valence electrons. The Morgan fingerprint density at radius 1 is 1.04 bits per heavy atom. The minimum absolute atomic E-state index is 0.725. The molecule has 3 heterocycles. The molecule has 4 rings (SSSR count). The second-order valence-corrected chi connectivity index (χ2v) is 7.09. The second-order valence-electron chi connectivity index (χ2n) is 6.36. The third-order valence-corrected chi connectivity index (χ3v) is 5.30. The van der Waals surface area contributed by atoms with Crippen LogP contribution in [-0.4, -0.2) is 64.1 Å². The smallest absolute Gasteiger partial charge is 0.205 e. The number of piperazine rings is 1. The highest BCUT2D eigenvalue weighted by atomic mass is 32.1. The number of hydrogen-bond acceptors (Lipinski definition) is 8. The van der Waals surface area contributed by atoms with Gasteiger partial charge in [0.1, 0.15) is 11.6 Å². The molecule has 0 spiro atoms. The molecule has 1 aromatic carbocycles. The molecule has 0 atom stereocenters. The summed E-state index contributed by atoms with van der Waals surface area (Å²) >= 11 is 1.45. The Morgan fingerprint density at radius 3 is 2.29 bits per heavy atom. The molecule has 0 N–H and O–H groups in total. The van der Waals surface area contributed by atoms with E-state index in [0.717, 1.165) is 60.8 Å². The van der Waals surface area contributed by atoms with Crippen molar-refractivity contribution in [1.29, 1.82) is 0 Å². The number of aromatic nitrogens is 4. The van der Waals surface area contributed by atoms with Gasteiger partial charge >= 0.3 is 0 Å². The molecule has 0 bridgehead atoms. The van der Waals surface area contributed by atoms with Crippen molar-refractivity contribution in [3.05, 3.63) is 48.5 Å². The summed E-state index contributed by atoms with van der Waals surface area (Å²) in [5.41, 5.74) is 0.880. The van der Waals surface area contributed by atoms with Gasteiger partial charge in [0.2, 0.25) is 5.13 Å². The van der Waals surface area contributed by atoms with Gasteiger partial charge in [0.15, 0.2) is 5.82 Å². The summed E-state index contributed by atoms with van der Waals surface area (Å²) in [6.45, 7) is 9.43. The Hall–Kier alpha value is -2.58. The third kappa shape index (κ3) is 5.46. The zero-order chi connectivity index (χ0) is 19.8. The Kier molecular flexibility index (Phi) is 7.27. The number of ether oxygens (including phenoxy) is 1. The summed E-state index contributed by atoms with van der Waals surface area (Å²) in [4.78, 5) is 17.8. The van der Waals surface area contributed by atoms with E-state index < -0.39 is 0 Å². The molecule has 7 nitrogen and oxygen atoms in total. The fourth-order valence-electron chi connectivity index (χ4n) is 2.78. The van der Waals surface area contributed by atoms with E-state index in [1.54, 1.807) is 19.5 Å². The van der Waals surface area contributed by atoms with Crippen molar-refractivity contribution in [2.45, 2.75) is 13.8 Å². The first-order valence-electron chi connectivity index (χ1n) is 9.38. The van der Waals surface area contributed by atoms with E-state index >= 15 is 0 Å². The lowest BCUT2D eigenvalue weighted by molar-refractivity contribution is 0.271. The maximum atomic E-state index is 4.91. The van der Waals surface area contributed by atoms with Crippen molar-refractivity contribution in [1.82, 2.24) is 24.2 Å². The van der Waals surface area contributed by atoms with E-state index in [1.165, 1.54) is 11.5 Å². The van der Waals surface area contributed by atoms with Crippen LogP contribution in [0.15, 0.2) is 42.7 Å². The van der Waals surface area contributed by atoms with Gasteiger partial charge in [-0.3, -0.25) is 0 Å². The zero-order valence-electron chi connectivity index (χ0n) is 16.6. The molecule has 0 amide bonds. The Morgan fingerprint density at radius 2 is 1.71 bits per heavy atom. The van der Waals surface area contributed by atoms with Crippen molar-refractivity contribution in [2.24, 2.45) is 0 Å². The summed E-state index contributed by atoms with van der Waals surface area (Å²) in [5.74, 6) is 2.40. The van der Waals surface area contributed by atoms with E-state index in [4.69, 9.17) is 4.74 Å². The fraction of sp³-hybridized carbons (Fsp3) is 0.400. The van der Waals surface area contributed by atoms with Gasteiger partial charge in [0, 0.05) is 50.1 Å². The number of methoxy groups -OCH3 is 1. The largest absolute Gasteiger partial charge is 0.497 e. The summed E-state index contributed by atoms with van der Waals surface area (Å²) in [6.07, 6.45) is 3.56. The maximum Gasteiger partial charge on any atom is 0.205 e. The van der Waals surface area contributed by atoms with E-state index in [-0.39, 0.29) is 0 Å². The third-order valence-electron chi connectivity index (χ3n) is 4.52. The average Bonchev–Trinajstić information content (AvgIpc) is 3.25. The van der Waals surface area contributed by atoms with Crippen LogP contribution in [0, 0.1) is 6.92 Å². The second kappa shape index (κ2) is 10.1. The molecular weight excluding hydrogens is 372 g/mol. The van der Waals surface area contributed by atoms with E-state index in [2.05, 4.69) is 36.0 Å². The molecule has 0 unspecified atom stereocenters. The van der Waals surface area contributed by atoms with Crippen LogP contribution in [0.3, 0.4) is 0 Å². The van der Waals surface area contributed by atoms with Crippen LogP contribution in [0.1, 0.15) is 12.7 Å². The molecule has 1 aliphatic rings. The van der Waals surface area contributed by atoms with Crippen LogP contribution in [0.5, 0.6) is 5.75 Å². The van der Waals surface area contributed by atoms with Crippen molar-refractivity contribution in [2.75, 3.05) is 44.7 Å². The van der Waals surface area contributed by atoms with Crippen LogP contribution < -0.4 is 9.64 Å². The predicted octanol–water partition coefficient (Wildman–Crippen LogP) is 3.14. The highest BCUT2D eigenvalue weighted by molar-refractivity contribution is 7.09. The lowest BCUT2D eigenvalue weighted by Crippen LogP contribution is -2.46. The van der Waals surface area contributed by atoms with Gasteiger partial charge in [-0.2, -0.15) is 9.36 Å². The normalized spacial score (nSPS) is 14.3. The number of hydrogen-bond donors (Lipinski definition) is 0. The zero-order valence-corrected chi connectivity index (χ0v) is 17.4. The summed E-state index contributed by atoms with van der Waals surface area (Å²) in [5, 5.41) is 0.997. The number of anilines is 1. The number of aryl methyl sites for hydroxylation is 1. The highest BCUT2D eigenvalue weighted by Crippen LogP contribution is 2.24. The van der Waals surface area contributed by atoms with Crippen LogP contribution in [0.2, 0.25) is 0 Å². The molecule has 1 aliphatic heterocycles. The first-order chi connectivity index (χ1) is 13.7. The van der Waals surface area contributed by atoms with Crippen LogP contribution in [0.25, 0.3) is 11.4 Å². The highest BCUT2D eigenvalue weighted by Gasteiger charge is 2.19. The molecule has 0 radical (unpaired) electrons. The van der Waals surface area contributed by atoms with Gasteiger partial charge in [-0.15, -0.1) is 0 Å². The fourth-order valence-corrected chi connectivity index (χ4v) is 3.52. The first kappa shape index (κ1) is 20.2. The molecule has 28 heavy (non-hydrogen) atoms. The molecule has 1 saturated heterocycles. The van der Waals surface area contributed by atoms with E-state index in [1.807, 2.05) is 37.3 Å². The molecule has 8 heteroatoms.